The monoisotopic (exact) mass is 277 g/mol. The minimum atomic E-state index is 0.0862. The fourth-order valence-corrected chi connectivity index (χ4v) is 0.989. The van der Waals surface area contributed by atoms with Crippen LogP contribution in [0.4, 0.5) is 0 Å². The van der Waals surface area contributed by atoms with Gasteiger partial charge < -0.3 is 0 Å². The SMILES string of the molecule is C/C=C\C=C/C(C)=O.CC.CC.Cc1ccnc(C)c1. The fraction of sp³-hybridized carbons (Fsp3) is 0.444. The minimum Gasteiger partial charge on any atom is -0.295 e. The van der Waals surface area contributed by atoms with Crippen molar-refractivity contribution < 1.29 is 4.79 Å². The predicted molar refractivity (Wildman–Crippen MR) is 91.0 cm³/mol. The Balaban J connectivity index is -0.000000231. The van der Waals surface area contributed by atoms with E-state index < -0.39 is 0 Å². The van der Waals surface area contributed by atoms with Crippen LogP contribution >= 0.6 is 0 Å². The summed E-state index contributed by atoms with van der Waals surface area (Å²) in [5, 5.41) is 0. The van der Waals surface area contributed by atoms with Crippen molar-refractivity contribution in [2.75, 3.05) is 0 Å². The van der Waals surface area contributed by atoms with Crippen molar-refractivity contribution in [2.24, 2.45) is 0 Å². The number of hydrogen-bond donors (Lipinski definition) is 0. The Bertz CT molecular complexity index is 362. The second kappa shape index (κ2) is 19.6. The molecule has 2 heteroatoms. The van der Waals surface area contributed by atoms with E-state index in [1.165, 1.54) is 18.6 Å². The molecule has 0 saturated heterocycles. The van der Waals surface area contributed by atoms with Gasteiger partial charge in [-0.3, -0.25) is 9.78 Å². The molecule has 0 aliphatic heterocycles. The molecule has 0 spiro atoms. The van der Waals surface area contributed by atoms with Gasteiger partial charge in [-0.05, 0) is 51.5 Å². The van der Waals surface area contributed by atoms with Crippen LogP contribution in [0.15, 0.2) is 42.6 Å². The molecule has 0 atom stereocenters. The summed E-state index contributed by atoms with van der Waals surface area (Å²) in [6.45, 7) is 15.5. The maximum absolute atomic E-state index is 10.2. The van der Waals surface area contributed by atoms with E-state index in [2.05, 4.69) is 18.0 Å². The second-order valence-electron chi connectivity index (χ2n) is 3.47. The van der Waals surface area contributed by atoms with Crippen LogP contribution in [-0.4, -0.2) is 10.8 Å². The van der Waals surface area contributed by atoms with Crippen molar-refractivity contribution in [1.29, 1.82) is 0 Å². The van der Waals surface area contributed by atoms with Crippen LogP contribution in [0, 0.1) is 13.8 Å². The molecular formula is C18H31NO. The zero-order valence-electron chi connectivity index (χ0n) is 14.4. The van der Waals surface area contributed by atoms with Gasteiger partial charge in [-0.2, -0.15) is 0 Å². The summed E-state index contributed by atoms with van der Waals surface area (Å²) in [5.74, 6) is 0.0862. The summed E-state index contributed by atoms with van der Waals surface area (Å²) in [5.41, 5.74) is 2.36. The number of pyridine rings is 1. The number of aryl methyl sites for hydroxylation is 2. The zero-order valence-corrected chi connectivity index (χ0v) is 14.4. The van der Waals surface area contributed by atoms with Crippen LogP contribution in [0.2, 0.25) is 0 Å². The van der Waals surface area contributed by atoms with Crippen molar-refractivity contribution in [3.05, 3.63) is 53.9 Å². The molecule has 0 N–H and O–H groups in total. The molecule has 0 radical (unpaired) electrons. The van der Waals surface area contributed by atoms with Gasteiger partial charge in [0.1, 0.15) is 0 Å². The molecule has 20 heavy (non-hydrogen) atoms. The van der Waals surface area contributed by atoms with E-state index in [1.807, 2.05) is 66.0 Å². The number of allylic oxidation sites excluding steroid dienone is 4. The van der Waals surface area contributed by atoms with E-state index in [4.69, 9.17) is 0 Å². The highest BCUT2D eigenvalue weighted by Gasteiger charge is 1.82. The first-order chi connectivity index (χ1) is 9.56. The van der Waals surface area contributed by atoms with E-state index in [-0.39, 0.29) is 5.78 Å². The Labute approximate surface area is 125 Å². The third-order valence-corrected chi connectivity index (χ3v) is 1.69. The summed E-state index contributed by atoms with van der Waals surface area (Å²) in [6.07, 6.45) is 8.77. The van der Waals surface area contributed by atoms with E-state index in [1.54, 1.807) is 6.08 Å². The first-order valence-corrected chi connectivity index (χ1v) is 7.25. The topological polar surface area (TPSA) is 30.0 Å². The van der Waals surface area contributed by atoms with Gasteiger partial charge >= 0.3 is 0 Å². The van der Waals surface area contributed by atoms with E-state index in [9.17, 15) is 4.79 Å². The standard InChI is InChI=1S/C7H9N.C7H10O.2C2H6/c1-6-3-4-8-7(2)5-6;1-3-4-5-6-7(2)8;2*1-2/h3-5H,1-2H3;3-6H,1-2H3;2*1-2H3/b;4-3-,6-5-;;. The molecule has 0 saturated carbocycles. The number of ketones is 1. The van der Waals surface area contributed by atoms with Crippen LogP contribution in [0.3, 0.4) is 0 Å². The zero-order chi connectivity index (χ0) is 16.4. The van der Waals surface area contributed by atoms with Gasteiger partial charge in [-0.1, -0.05) is 45.9 Å². The van der Waals surface area contributed by atoms with Crippen LogP contribution in [-0.2, 0) is 4.79 Å². The first-order valence-electron chi connectivity index (χ1n) is 7.25. The molecule has 0 amide bonds. The Kier molecular flexibility index (Phi) is 23.0. The molecule has 0 aliphatic carbocycles. The van der Waals surface area contributed by atoms with Crippen LogP contribution < -0.4 is 0 Å². The highest BCUT2D eigenvalue weighted by Crippen LogP contribution is 1.95. The molecule has 1 heterocycles. The molecule has 1 aromatic heterocycles. The molecule has 0 bridgehead atoms. The van der Waals surface area contributed by atoms with Gasteiger partial charge in [0.15, 0.2) is 5.78 Å². The number of hydrogen-bond acceptors (Lipinski definition) is 2. The fourth-order valence-electron chi connectivity index (χ4n) is 0.989. The Morgan fingerprint density at radius 3 is 1.95 bits per heavy atom. The molecule has 114 valence electrons. The highest BCUT2D eigenvalue weighted by molar-refractivity contribution is 5.87. The van der Waals surface area contributed by atoms with Crippen LogP contribution in [0.1, 0.15) is 52.8 Å². The summed E-state index contributed by atoms with van der Waals surface area (Å²) in [4.78, 5) is 14.2. The van der Waals surface area contributed by atoms with Gasteiger partial charge in [0.05, 0.1) is 0 Å². The lowest BCUT2D eigenvalue weighted by atomic mass is 10.3. The third kappa shape index (κ3) is 21.6. The lowest BCUT2D eigenvalue weighted by Gasteiger charge is -1.90. The van der Waals surface area contributed by atoms with Crippen molar-refractivity contribution in [1.82, 2.24) is 4.98 Å². The third-order valence-electron chi connectivity index (χ3n) is 1.69. The molecule has 0 fully saturated rings. The average molecular weight is 277 g/mol. The summed E-state index contributed by atoms with van der Waals surface area (Å²) in [6, 6.07) is 4.05. The number of aromatic nitrogens is 1. The van der Waals surface area contributed by atoms with Gasteiger partial charge in [-0.15, -0.1) is 0 Å². The maximum Gasteiger partial charge on any atom is 0.152 e. The normalized spacial score (nSPS) is 8.80. The summed E-state index contributed by atoms with van der Waals surface area (Å²) >= 11 is 0. The lowest BCUT2D eigenvalue weighted by Crippen LogP contribution is -1.78. The quantitative estimate of drug-likeness (QED) is 0.531. The molecule has 0 unspecified atom stereocenters. The van der Waals surface area contributed by atoms with Gasteiger partial charge in [-0.25, -0.2) is 0 Å². The molecule has 1 rings (SSSR count). The first kappa shape index (κ1) is 23.4. The van der Waals surface area contributed by atoms with Crippen LogP contribution in [0.25, 0.3) is 0 Å². The van der Waals surface area contributed by atoms with Crippen molar-refractivity contribution >= 4 is 5.78 Å². The number of carbonyl (C=O) groups is 1. The molecule has 0 aromatic carbocycles. The maximum atomic E-state index is 10.2. The van der Waals surface area contributed by atoms with Gasteiger partial charge in [0.2, 0.25) is 0 Å². The van der Waals surface area contributed by atoms with Crippen molar-refractivity contribution in [3.63, 3.8) is 0 Å². The Hall–Kier alpha value is -1.70. The largest absolute Gasteiger partial charge is 0.295 e. The van der Waals surface area contributed by atoms with Crippen molar-refractivity contribution in [3.8, 4) is 0 Å². The average Bonchev–Trinajstić information content (AvgIpc) is 2.44. The summed E-state index contributed by atoms with van der Waals surface area (Å²) < 4.78 is 0. The highest BCUT2D eigenvalue weighted by atomic mass is 16.1. The lowest BCUT2D eigenvalue weighted by molar-refractivity contribution is -0.112. The van der Waals surface area contributed by atoms with Gasteiger partial charge in [0, 0.05) is 11.9 Å². The Morgan fingerprint density at radius 1 is 1.10 bits per heavy atom. The number of rotatable bonds is 2. The van der Waals surface area contributed by atoms with E-state index >= 15 is 0 Å². The number of nitrogens with zero attached hydrogens (tertiary/aromatic N) is 1. The minimum absolute atomic E-state index is 0.0862. The molecule has 0 aliphatic rings. The van der Waals surface area contributed by atoms with E-state index in [0.717, 1.165) is 5.69 Å². The molecular weight excluding hydrogens is 246 g/mol. The van der Waals surface area contributed by atoms with Crippen LogP contribution in [0.5, 0.6) is 0 Å². The van der Waals surface area contributed by atoms with E-state index in [0.29, 0.717) is 0 Å². The smallest absolute Gasteiger partial charge is 0.152 e. The Morgan fingerprint density at radius 2 is 1.65 bits per heavy atom. The van der Waals surface area contributed by atoms with Gasteiger partial charge in [0.25, 0.3) is 0 Å². The number of carbonyl (C=O) groups excluding carboxylic acids is 1. The molecule has 2 nitrogen and oxygen atoms in total. The van der Waals surface area contributed by atoms with Crippen molar-refractivity contribution in [2.45, 2.75) is 55.4 Å². The molecule has 1 aromatic rings. The predicted octanol–water partition coefficient (Wildman–Crippen LogP) is 5.46. The summed E-state index contributed by atoms with van der Waals surface area (Å²) in [7, 11) is 0. The second-order valence-corrected chi connectivity index (χ2v) is 3.47.